The number of carbonyl (C=O) groups excluding carboxylic acids is 1. The highest BCUT2D eigenvalue weighted by Gasteiger charge is 2.39. The molecular weight excluding hydrogens is 390 g/mol. The van der Waals surface area contributed by atoms with Crippen molar-refractivity contribution in [1.29, 1.82) is 0 Å². The Balaban J connectivity index is 1.52. The number of amidine groups is 1. The number of nitrogens with one attached hydrogen (secondary N) is 1. The monoisotopic (exact) mass is 406 g/mol. The highest BCUT2D eigenvalue weighted by molar-refractivity contribution is 6.42. The number of nitrogens with two attached hydrogens (primary N) is 1. The molecule has 0 saturated carbocycles. The highest BCUT2D eigenvalue weighted by Crippen LogP contribution is 2.35. The van der Waals surface area contributed by atoms with Crippen LogP contribution in [0.3, 0.4) is 0 Å². The topological polar surface area (TPSA) is 70.7 Å². The van der Waals surface area contributed by atoms with Crippen LogP contribution in [0.15, 0.2) is 41.4 Å². The lowest BCUT2D eigenvalue weighted by Crippen LogP contribution is -2.52. The summed E-state index contributed by atoms with van der Waals surface area (Å²) in [5, 5.41) is 4.07. The van der Waals surface area contributed by atoms with Crippen molar-refractivity contribution in [2.24, 2.45) is 10.7 Å². The third-order valence-corrected chi connectivity index (χ3v) is 5.75. The van der Waals surface area contributed by atoms with Gasteiger partial charge in [0.25, 0.3) is 5.91 Å². The van der Waals surface area contributed by atoms with E-state index >= 15 is 0 Å². The maximum Gasteiger partial charge on any atom is 0.253 e. The molecule has 2 aliphatic heterocycles. The minimum atomic E-state index is -0.626. The third kappa shape index (κ3) is 3.24. The van der Waals surface area contributed by atoms with Crippen LogP contribution in [0.4, 0.5) is 10.1 Å². The maximum atomic E-state index is 14.0. The van der Waals surface area contributed by atoms with Crippen molar-refractivity contribution in [2.75, 3.05) is 18.4 Å². The lowest BCUT2D eigenvalue weighted by atomic mass is 9.93. The van der Waals surface area contributed by atoms with Gasteiger partial charge in [-0.2, -0.15) is 0 Å². The van der Waals surface area contributed by atoms with Crippen LogP contribution in [0.1, 0.15) is 28.8 Å². The van der Waals surface area contributed by atoms with Crippen molar-refractivity contribution in [3.8, 4) is 0 Å². The summed E-state index contributed by atoms with van der Waals surface area (Å²) < 4.78 is 14.0. The molecule has 0 radical (unpaired) electrons. The molecule has 4 rings (SSSR count). The number of likely N-dealkylation sites (tertiary alicyclic amines) is 1. The largest absolute Gasteiger partial charge is 0.383 e. The van der Waals surface area contributed by atoms with Crippen molar-refractivity contribution in [3.63, 3.8) is 0 Å². The summed E-state index contributed by atoms with van der Waals surface area (Å²) in [5.41, 5.74) is 6.83. The van der Waals surface area contributed by atoms with Gasteiger partial charge in [-0.25, -0.2) is 9.38 Å². The van der Waals surface area contributed by atoms with E-state index < -0.39 is 11.5 Å². The smallest absolute Gasteiger partial charge is 0.253 e. The van der Waals surface area contributed by atoms with E-state index in [9.17, 15) is 9.18 Å². The van der Waals surface area contributed by atoms with Crippen LogP contribution in [0, 0.1) is 5.82 Å². The van der Waals surface area contributed by atoms with E-state index in [-0.39, 0.29) is 11.7 Å². The van der Waals surface area contributed by atoms with Gasteiger partial charge in [0.05, 0.1) is 15.6 Å². The van der Waals surface area contributed by atoms with E-state index in [0.717, 1.165) is 0 Å². The number of rotatable bonds is 1. The first-order valence-corrected chi connectivity index (χ1v) is 9.31. The Morgan fingerprint density at radius 1 is 1.19 bits per heavy atom. The summed E-state index contributed by atoms with van der Waals surface area (Å²) in [4.78, 5) is 19.0. The van der Waals surface area contributed by atoms with Crippen LogP contribution in [-0.2, 0) is 0 Å². The molecule has 2 aliphatic rings. The summed E-state index contributed by atoms with van der Waals surface area (Å²) in [6.45, 7) is 0.987. The van der Waals surface area contributed by atoms with Crippen molar-refractivity contribution < 1.29 is 9.18 Å². The van der Waals surface area contributed by atoms with Gasteiger partial charge in [-0.1, -0.05) is 29.3 Å². The van der Waals surface area contributed by atoms with Gasteiger partial charge in [-0.3, -0.25) is 4.79 Å². The van der Waals surface area contributed by atoms with Gasteiger partial charge in [0, 0.05) is 37.2 Å². The molecule has 0 unspecified atom stereocenters. The van der Waals surface area contributed by atoms with Crippen molar-refractivity contribution in [1.82, 2.24) is 4.90 Å². The minimum Gasteiger partial charge on any atom is -0.383 e. The van der Waals surface area contributed by atoms with Crippen LogP contribution in [0.2, 0.25) is 10.0 Å². The summed E-state index contributed by atoms with van der Waals surface area (Å²) in [6.07, 6.45) is 1.13. The second-order valence-corrected chi connectivity index (χ2v) is 7.55. The Kier molecular flexibility index (Phi) is 4.48. The molecule has 2 heterocycles. The molecule has 140 valence electrons. The van der Waals surface area contributed by atoms with E-state index in [1.165, 1.54) is 6.07 Å². The fourth-order valence-corrected chi connectivity index (χ4v) is 3.88. The molecule has 0 bridgehead atoms. The lowest BCUT2D eigenvalue weighted by Gasteiger charge is -2.42. The zero-order chi connectivity index (χ0) is 19.2. The van der Waals surface area contributed by atoms with Crippen LogP contribution in [0.5, 0.6) is 0 Å². The summed E-state index contributed by atoms with van der Waals surface area (Å²) in [6, 6.07) is 9.63. The van der Waals surface area contributed by atoms with Crippen LogP contribution >= 0.6 is 23.2 Å². The maximum absolute atomic E-state index is 14.0. The Hall–Kier alpha value is -2.31. The average molecular weight is 407 g/mol. The Morgan fingerprint density at radius 2 is 1.93 bits per heavy atom. The number of fused-ring (bicyclic) bond motifs is 1. The second-order valence-electron chi connectivity index (χ2n) is 6.74. The summed E-state index contributed by atoms with van der Waals surface area (Å²) >= 11 is 11.9. The molecule has 0 aromatic heterocycles. The van der Waals surface area contributed by atoms with Gasteiger partial charge in [0.15, 0.2) is 0 Å². The van der Waals surface area contributed by atoms with Crippen LogP contribution < -0.4 is 11.1 Å². The normalized spacial score (nSPS) is 17.9. The zero-order valence-corrected chi connectivity index (χ0v) is 15.8. The first-order valence-electron chi connectivity index (χ1n) is 8.55. The number of aliphatic imine (C=N–C) groups is 1. The SMILES string of the molecule is NC1=NC2(CCN(C(=O)c3ccc(Cl)c(Cl)c3)CC2)Nc2cccc(F)c21. The molecule has 1 fully saturated rings. The Labute approximate surface area is 166 Å². The molecule has 1 saturated heterocycles. The minimum absolute atomic E-state index is 0.109. The van der Waals surface area contributed by atoms with Crippen molar-refractivity contribution in [2.45, 2.75) is 18.5 Å². The molecule has 1 amide bonds. The van der Waals surface area contributed by atoms with Gasteiger partial charge in [-0.05, 0) is 30.3 Å². The second kappa shape index (κ2) is 6.69. The van der Waals surface area contributed by atoms with E-state index in [0.29, 0.717) is 52.8 Å². The predicted octanol–water partition coefficient (Wildman–Crippen LogP) is 3.90. The number of hydrogen-bond donors (Lipinski definition) is 2. The Bertz CT molecular complexity index is 955. The van der Waals surface area contributed by atoms with Gasteiger partial charge in [0.1, 0.15) is 17.3 Å². The van der Waals surface area contributed by atoms with Gasteiger partial charge in [-0.15, -0.1) is 0 Å². The third-order valence-electron chi connectivity index (χ3n) is 5.02. The van der Waals surface area contributed by atoms with Gasteiger partial charge < -0.3 is 16.0 Å². The quantitative estimate of drug-likeness (QED) is 0.754. The van der Waals surface area contributed by atoms with Gasteiger partial charge >= 0.3 is 0 Å². The molecule has 1 spiro atoms. The predicted molar refractivity (Wildman–Crippen MR) is 105 cm³/mol. The average Bonchev–Trinajstić information content (AvgIpc) is 2.64. The molecule has 0 atom stereocenters. The highest BCUT2D eigenvalue weighted by atomic mass is 35.5. The molecule has 27 heavy (non-hydrogen) atoms. The standard InChI is InChI=1S/C19H17Cl2FN4O/c20-12-5-4-11(10-13(12)21)18(27)26-8-6-19(7-9-26)24-15-3-1-2-14(22)16(15)17(23)25-19/h1-5,10,24H,6-9H2,(H2,23,25). The summed E-state index contributed by atoms with van der Waals surface area (Å²) in [5.74, 6) is -0.322. The first kappa shape index (κ1) is 18.1. The van der Waals surface area contributed by atoms with E-state index in [2.05, 4.69) is 10.3 Å². The summed E-state index contributed by atoms with van der Waals surface area (Å²) in [7, 11) is 0. The number of halogens is 3. The van der Waals surface area contributed by atoms with E-state index in [1.807, 2.05) is 0 Å². The molecule has 8 heteroatoms. The van der Waals surface area contributed by atoms with Crippen LogP contribution in [0.25, 0.3) is 0 Å². The molecule has 2 aromatic carbocycles. The number of hydrogen-bond acceptors (Lipinski definition) is 4. The molecule has 0 aliphatic carbocycles. The van der Waals surface area contributed by atoms with E-state index in [4.69, 9.17) is 28.9 Å². The van der Waals surface area contributed by atoms with E-state index in [1.54, 1.807) is 35.2 Å². The number of amides is 1. The van der Waals surface area contributed by atoms with Crippen LogP contribution in [-0.4, -0.2) is 35.4 Å². The molecular formula is C19H17Cl2FN4O. The number of anilines is 1. The van der Waals surface area contributed by atoms with Crippen molar-refractivity contribution >= 4 is 40.6 Å². The Morgan fingerprint density at radius 3 is 2.63 bits per heavy atom. The fourth-order valence-electron chi connectivity index (χ4n) is 3.58. The first-order chi connectivity index (χ1) is 12.9. The van der Waals surface area contributed by atoms with Crippen molar-refractivity contribution in [3.05, 3.63) is 63.4 Å². The zero-order valence-electron chi connectivity index (χ0n) is 14.3. The number of nitrogens with zero attached hydrogens (tertiary/aromatic N) is 2. The fraction of sp³-hybridized carbons (Fsp3) is 0.263. The number of benzene rings is 2. The molecule has 2 aromatic rings. The van der Waals surface area contributed by atoms with Gasteiger partial charge in [0.2, 0.25) is 0 Å². The number of piperidine rings is 1. The lowest BCUT2D eigenvalue weighted by molar-refractivity contribution is 0.0685. The molecule has 5 nitrogen and oxygen atoms in total. The number of carbonyl (C=O) groups is 1. The molecule has 3 N–H and O–H groups in total.